The van der Waals surface area contributed by atoms with E-state index in [4.69, 9.17) is 15.0 Å². The molecule has 2 heterocycles. The van der Waals surface area contributed by atoms with Crippen molar-refractivity contribution in [3.63, 3.8) is 0 Å². The molecule has 0 atom stereocenters. The van der Waals surface area contributed by atoms with Gasteiger partial charge in [-0.05, 0) is 39.8 Å². The van der Waals surface area contributed by atoms with Crippen LogP contribution >= 0.6 is 0 Å². The van der Waals surface area contributed by atoms with Gasteiger partial charge in [-0.15, -0.1) is 0 Å². The molecule has 4 heteroatoms. The van der Waals surface area contributed by atoms with Crippen LogP contribution in [0.5, 0.6) is 0 Å². The minimum absolute atomic E-state index is 0.583. The number of hydrogen-bond donors (Lipinski definition) is 0. The minimum Gasteiger partial charge on any atom is -0.278 e. The molecule has 4 nitrogen and oxygen atoms in total. The summed E-state index contributed by atoms with van der Waals surface area (Å²) in [5.41, 5.74) is 8.64. The second-order valence-electron chi connectivity index (χ2n) is 11.6. The second kappa shape index (κ2) is 11.2. The number of hydrogen-bond acceptors (Lipinski definition) is 3. The summed E-state index contributed by atoms with van der Waals surface area (Å²) >= 11 is 0. The maximum absolute atomic E-state index is 5.30. The molecule has 47 heavy (non-hydrogen) atoms. The van der Waals surface area contributed by atoms with Crippen molar-refractivity contribution >= 4 is 32.6 Å². The highest BCUT2D eigenvalue weighted by Crippen LogP contribution is 2.39. The first kappa shape index (κ1) is 27.0. The van der Waals surface area contributed by atoms with Crippen LogP contribution in [0.3, 0.4) is 0 Å². The molecule has 220 valence electrons. The van der Waals surface area contributed by atoms with Crippen LogP contribution in [-0.4, -0.2) is 19.5 Å². The van der Waals surface area contributed by atoms with Crippen molar-refractivity contribution < 1.29 is 0 Å². The fourth-order valence-corrected chi connectivity index (χ4v) is 6.78. The summed E-state index contributed by atoms with van der Waals surface area (Å²) in [7, 11) is 0. The van der Waals surface area contributed by atoms with Gasteiger partial charge in [0.1, 0.15) is 0 Å². The Kier molecular flexibility index (Phi) is 6.43. The zero-order valence-corrected chi connectivity index (χ0v) is 25.5. The van der Waals surface area contributed by atoms with Gasteiger partial charge in [0, 0.05) is 27.3 Å². The largest absolute Gasteiger partial charge is 0.278 e. The van der Waals surface area contributed by atoms with E-state index < -0.39 is 0 Å². The Bertz CT molecular complexity index is 2550. The first-order chi connectivity index (χ1) is 23.3. The van der Waals surface area contributed by atoms with Gasteiger partial charge in [-0.1, -0.05) is 158 Å². The molecule has 0 unspecified atom stereocenters. The molecule has 0 aliphatic heterocycles. The van der Waals surface area contributed by atoms with Crippen LogP contribution in [0, 0.1) is 0 Å². The van der Waals surface area contributed by atoms with E-state index in [0.29, 0.717) is 17.6 Å². The average Bonchev–Trinajstić information content (AvgIpc) is 3.50. The Morgan fingerprint density at radius 3 is 1.53 bits per heavy atom. The minimum atomic E-state index is 0.583. The van der Waals surface area contributed by atoms with E-state index in [-0.39, 0.29) is 0 Å². The van der Waals surface area contributed by atoms with Crippen LogP contribution in [0.25, 0.3) is 83.6 Å². The number of fused-ring (bicyclic) bond motifs is 4. The molecule has 0 amide bonds. The van der Waals surface area contributed by atoms with E-state index in [2.05, 4.69) is 156 Å². The lowest BCUT2D eigenvalue weighted by molar-refractivity contribution is 0.954. The Balaban J connectivity index is 1.37. The van der Waals surface area contributed by atoms with Crippen molar-refractivity contribution in [1.29, 1.82) is 0 Å². The van der Waals surface area contributed by atoms with Gasteiger partial charge in [-0.25, -0.2) is 4.98 Å². The molecule has 0 saturated heterocycles. The van der Waals surface area contributed by atoms with E-state index in [0.717, 1.165) is 49.4 Å². The van der Waals surface area contributed by atoms with Crippen LogP contribution < -0.4 is 0 Å². The lowest BCUT2D eigenvalue weighted by Crippen LogP contribution is -2.06. The highest BCUT2D eigenvalue weighted by Gasteiger charge is 2.21. The molecule has 0 saturated carbocycles. The molecule has 2 aromatic heterocycles. The standard InChI is InChI=1S/C43H28N4/c1-4-15-29(16-5-1)33-24-12-21-31-22-13-26-36(39(31)33)42-44-41(32-19-8-3-9-20-32)45-43(46-42)47-37-27-11-10-23-35(37)40-34(25-14-28-38(40)47)30-17-6-2-7-18-30/h1-28H. The summed E-state index contributed by atoms with van der Waals surface area (Å²) in [5.74, 6) is 1.84. The van der Waals surface area contributed by atoms with Crippen LogP contribution in [0.1, 0.15) is 0 Å². The van der Waals surface area contributed by atoms with Gasteiger partial charge >= 0.3 is 0 Å². The lowest BCUT2D eigenvalue weighted by atomic mass is 9.94. The van der Waals surface area contributed by atoms with Gasteiger partial charge < -0.3 is 0 Å². The summed E-state index contributed by atoms with van der Waals surface area (Å²) in [4.78, 5) is 15.6. The van der Waals surface area contributed by atoms with Crippen LogP contribution in [0.4, 0.5) is 0 Å². The van der Waals surface area contributed by atoms with Crippen LogP contribution in [-0.2, 0) is 0 Å². The number of aromatic nitrogens is 4. The molecular formula is C43H28N4. The topological polar surface area (TPSA) is 43.6 Å². The quantitative estimate of drug-likeness (QED) is 0.197. The highest BCUT2D eigenvalue weighted by molar-refractivity contribution is 6.15. The monoisotopic (exact) mass is 600 g/mol. The predicted molar refractivity (Wildman–Crippen MR) is 193 cm³/mol. The molecule has 0 N–H and O–H groups in total. The Morgan fingerprint density at radius 2 is 0.851 bits per heavy atom. The van der Waals surface area contributed by atoms with Gasteiger partial charge in [0.2, 0.25) is 5.95 Å². The number of benzene rings is 7. The van der Waals surface area contributed by atoms with Crippen LogP contribution in [0.15, 0.2) is 170 Å². The summed E-state index contributed by atoms with van der Waals surface area (Å²) in [6, 6.07) is 59.1. The molecule has 0 aliphatic carbocycles. The number of rotatable bonds is 5. The first-order valence-corrected chi connectivity index (χ1v) is 15.8. The maximum Gasteiger partial charge on any atom is 0.238 e. The van der Waals surface area contributed by atoms with Gasteiger partial charge in [0.05, 0.1) is 11.0 Å². The first-order valence-electron chi connectivity index (χ1n) is 15.8. The third kappa shape index (κ3) is 4.58. The smallest absolute Gasteiger partial charge is 0.238 e. The van der Waals surface area contributed by atoms with E-state index >= 15 is 0 Å². The molecular weight excluding hydrogens is 573 g/mol. The van der Waals surface area contributed by atoms with E-state index in [1.54, 1.807) is 0 Å². The van der Waals surface area contributed by atoms with Gasteiger partial charge in [-0.3, -0.25) is 4.57 Å². The summed E-state index contributed by atoms with van der Waals surface area (Å²) < 4.78 is 2.19. The SMILES string of the molecule is c1ccc(-c2nc(-c3cccc4cccc(-c5ccccc5)c34)nc(-n3c4ccccc4c4c(-c5ccccc5)cccc43)n2)cc1. The maximum atomic E-state index is 5.30. The average molecular weight is 601 g/mol. The van der Waals surface area contributed by atoms with E-state index in [1.165, 1.54) is 16.5 Å². The molecule has 7 aromatic carbocycles. The Hall–Kier alpha value is -6.39. The van der Waals surface area contributed by atoms with Crippen molar-refractivity contribution in [2.24, 2.45) is 0 Å². The van der Waals surface area contributed by atoms with E-state index in [9.17, 15) is 0 Å². The molecule has 9 aromatic rings. The Labute approximate surface area is 272 Å². The molecule has 0 radical (unpaired) electrons. The van der Waals surface area contributed by atoms with Crippen molar-refractivity contribution in [2.75, 3.05) is 0 Å². The second-order valence-corrected chi connectivity index (χ2v) is 11.6. The third-order valence-corrected chi connectivity index (χ3v) is 8.87. The summed E-state index contributed by atoms with van der Waals surface area (Å²) in [5, 5.41) is 4.58. The molecule has 9 rings (SSSR count). The molecule has 0 fully saturated rings. The fourth-order valence-electron chi connectivity index (χ4n) is 6.78. The fraction of sp³-hybridized carbons (Fsp3) is 0. The highest BCUT2D eigenvalue weighted by atomic mass is 15.2. The normalized spacial score (nSPS) is 11.4. The third-order valence-electron chi connectivity index (χ3n) is 8.87. The summed E-state index contributed by atoms with van der Waals surface area (Å²) in [6.45, 7) is 0. The summed E-state index contributed by atoms with van der Waals surface area (Å²) in [6.07, 6.45) is 0. The van der Waals surface area contributed by atoms with Gasteiger partial charge in [-0.2, -0.15) is 9.97 Å². The number of para-hydroxylation sites is 1. The lowest BCUT2D eigenvalue weighted by Gasteiger charge is -2.14. The van der Waals surface area contributed by atoms with E-state index in [1.807, 2.05) is 18.2 Å². The van der Waals surface area contributed by atoms with Crippen molar-refractivity contribution in [3.8, 4) is 51.0 Å². The zero-order chi connectivity index (χ0) is 31.2. The van der Waals surface area contributed by atoms with Gasteiger partial charge in [0.15, 0.2) is 11.6 Å². The van der Waals surface area contributed by atoms with Crippen molar-refractivity contribution in [1.82, 2.24) is 19.5 Å². The van der Waals surface area contributed by atoms with Crippen LogP contribution in [0.2, 0.25) is 0 Å². The zero-order valence-electron chi connectivity index (χ0n) is 25.5. The van der Waals surface area contributed by atoms with Crippen molar-refractivity contribution in [2.45, 2.75) is 0 Å². The molecule has 0 spiro atoms. The number of nitrogens with zero attached hydrogens (tertiary/aromatic N) is 4. The molecule has 0 bridgehead atoms. The predicted octanol–water partition coefficient (Wildman–Crippen LogP) is 10.8. The molecule has 0 aliphatic rings. The Morgan fingerprint density at radius 1 is 0.340 bits per heavy atom. The van der Waals surface area contributed by atoms with Crippen molar-refractivity contribution in [3.05, 3.63) is 170 Å². The van der Waals surface area contributed by atoms with Gasteiger partial charge in [0.25, 0.3) is 0 Å².